The number of hydrogen-bond donors (Lipinski definition) is 3. The van der Waals surface area contributed by atoms with Gasteiger partial charge in [-0.15, -0.1) is 0 Å². The van der Waals surface area contributed by atoms with Crippen LogP contribution in [0.3, 0.4) is 0 Å². The third-order valence-electron chi connectivity index (χ3n) is 2.53. The quantitative estimate of drug-likeness (QED) is 0.628. The molecule has 0 aliphatic heterocycles. The van der Waals surface area contributed by atoms with E-state index in [9.17, 15) is 23.6 Å². The van der Waals surface area contributed by atoms with Crippen molar-refractivity contribution in [1.82, 2.24) is 25.2 Å². The Hall–Kier alpha value is -3.30. The van der Waals surface area contributed by atoms with Gasteiger partial charge < -0.3 is 10.6 Å². The van der Waals surface area contributed by atoms with Gasteiger partial charge in [0.1, 0.15) is 0 Å². The summed E-state index contributed by atoms with van der Waals surface area (Å²) in [6, 6.07) is 2.08. The van der Waals surface area contributed by atoms with Crippen LogP contribution >= 0.6 is 0 Å². The van der Waals surface area contributed by atoms with Crippen molar-refractivity contribution >= 4 is 11.9 Å². The van der Waals surface area contributed by atoms with Crippen LogP contribution in [0.15, 0.2) is 40.3 Å². The van der Waals surface area contributed by atoms with E-state index in [1.165, 1.54) is 18.5 Å². The number of rotatable bonds is 3. The van der Waals surface area contributed by atoms with Crippen LogP contribution in [0.5, 0.6) is 0 Å². The average Bonchev–Trinajstić information content (AvgIpc) is 2.51. The van der Waals surface area contributed by atoms with E-state index in [1.54, 1.807) is 11.1 Å². The lowest BCUT2D eigenvalue weighted by molar-refractivity contribution is 0.0951. The van der Waals surface area contributed by atoms with Gasteiger partial charge in [0.15, 0.2) is 0 Å². The molecule has 2 aromatic heterocycles. The molecule has 0 spiro atoms. The van der Waals surface area contributed by atoms with Gasteiger partial charge in [0.2, 0.25) is 5.82 Å². The zero-order valence-corrected chi connectivity index (χ0v) is 11.0. The van der Waals surface area contributed by atoms with Gasteiger partial charge in [0, 0.05) is 12.4 Å². The lowest BCUT2D eigenvalue weighted by atomic mass is 10.3. The molecule has 2 amide bonds. The van der Waals surface area contributed by atoms with E-state index in [0.717, 1.165) is 0 Å². The van der Waals surface area contributed by atoms with E-state index >= 15 is 0 Å². The molecule has 0 saturated carbocycles. The van der Waals surface area contributed by atoms with Crippen molar-refractivity contribution in [3.63, 3.8) is 0 Å². The van der Waals surface area contributed by atoms with Crippen molar-refractivity contribution in [3.8, 4) is 0 Å². The van der Waals surface area contributed by atoms with Gasteiger partial charge in [0.05, 0.1) is 18.4 Å². The second-order valence-corrected chi connectivity index (χ2v) is 4.01. The van der Waals surface area contributed by atoms with E-state index in [4.69, 9.17) is 0 Å². The van der Waals surface area contributed by atoms with Crippen molar-refractivity contribution in [3.05, 3.63) is 62.9 Å². The van der Waals surface area contributed by atoms with Crippen molar-refractivity contribution in [2.45, 2.75) is 0 Å². The second kappa shape index (κ2) is 6.43. The van der Waals surface area contributed by atoms with Crippen LogP contribution in [0.1, 0.15) is 10.4 Å². The molecule has 0 saturated heterocycles. The molecule has 0 aromatic carbocycles. The summed E-state index contributed by atoms with van der Waals surface area (Å²) in [6.45, 7) is -0.306. The standard InChI is InChI=1S/C12H10FN5O4/c13-8-5-18(12(22)17-10(8)20)11(21)16-6-15-9(19)7-2-1-3-14-4-7/h1-5H,6H2,(H,15,19)(H,16,21)(H,17,20,22). The third-order valence-corrected chi connectivity index (χ3v) is 2.53. The SMILES string of the molecule is O=C(NCNC(=O)n1cc(F)c(=O)[nH]c1=O)c1cccnc1. The predicted octanol–water partition coefficient (Wildman–Crippen LogP) is -0.984. The fourth-order valence-corrected chi connectivity index (χ4v) is 1.48. The van der Waals surface area contributed by atoms with Gasteiger partial charge in [-0.3, -0.25) is 19.6 Å². The van der Waals surface area contributed by atoms with Crippen LogP contribution in [0, 0.1) is 5.82 Å². The zero-order valence-electron chi connectivity index (χ0n) is 11.0. The number of halogens is 1. The molecule has 2 aromatic rings. The molecule has 2 rings (SSSR count). The Morgan fingerprint density at radius 3 is 2.77 bits per heavy atom. The van der Waals surface area contributed by atoms with E-state index in [-0.39, 0.29) is 12.2 Å². The molecule has 3 N–H and O–H groups in total. The molecule has 0 unspecified atom stereocenters. The van der Waals surface area contributed by atoms with Gasteiger partial charge in [0.25, 0.3) is 11.5 Å². The molecule has 114 valence electrons. The number of pyridine rings is 1. The first kappa shape index (κ1) is 15.1. The lowest BCUT2D eigenvalue weighted by Gasteiger charge is -2.08. The Morgan fingerprint density at radius 1 is 1.32 bits per heavy atom. The molecule has 0 aliphatic carbocycles. The number of hydrogen-bond acceptors (Lipinski definition) is 5. The topological polar surface area (TPSA) is 126 Å². The minimum Gasteiger partial charge on any atom is -0.335 e. The third kappa shape index (κ3) is 3.42. The molecular formula is C12H10FN5O4. The van der Waals surface area contributed by atoms with Crippen LogP contribution in [0.4, 0.5) is 9.18 Å². The first-order valence-electron chi connectivity index (χ1n) is 5.97. The van der Waals surface area contributed by atoms with Gasteiger partial charge in [-0.05, 0) is 12.1 Å². The Labute approximate surface area is 121 Å². The largest absolute Gasteiger partial charge is 0.336 e. The molecule has 10 heteroatoms. The Morgan fingerprint density at radius 2 is 2.09 bits per heavy atom. The highest BCUT2D eigenvalue weighted by Crippen LogP contribution is 1.94. The van der Waals surface area contributed by atoms with Gasteiger partial charge in [-0.1, -0.05) is 0 Å². The molecule has 22 heavy (non-hydrogen) atoms. The van der Waals surface area contributed by atoms with Gasteiger partial charge in [-0.2, -0.15) is 4.39 Å². The molecule has 0 radical (unpaired) electrons. The number of aromatic nitrogens is 3. The summed E-state index contributed by atoms with van der Waals surface area (Å²) in [5.41, 5.74) is -2.04. The lowest BCUT2D eigenvalue weighted by Crippen LogP contribution is -2.44. The molecular weight excluding hydrogens is 297 g/mol. The number of nitrogens with zero attached hydrogens (tertiary/aromatic N) is 2. The molecule has 0 aliphatic rings. The minimum atomic E-state index is -1.28. The predicted molar refractivity (Wildman–Crippen MR) is 71.8 cm³/mol. The van der Waals surface area contributed by atoms with E-state index in [1.807, 2.05) is 0 Å². The van der Waals surface area contributed by atoms with Crippen molar-refractivity contribution in [1.29, 1.82) is 0 Å². The normalized spacial score (nSPS) is 10.0. The van der Waals surface area contributed by atoms with Crippen molar-refractivity contribution < 1.29 is 14.0 Å². The minimum absolute atomic E-state index is 0.281. The van der Waals surface area contributed by atoms with Crippen LogP contribution in [-0.2, 0) is 0 Å². The number of aromatic amines is 1. The fourth-order valence-electron chi connectivity index (χ4n) is 1.48. The Balaban J connectivity index is 1.97. The van der Waals surface area contributed by atoms with Crippen LogP contribution in [0.25, 0.3) is 0 Å². The Bertz CT molecular complexity index is 814. The number of carbonyl (C=O) groups excluding carboxylic acids is 2. The molecule has 0 fully saturated rings. The number of amides is 2. The summed E-state index contributed by atoms with van der Waals surface area (Å²) < 4.78 is 13.4. The fraction of sp³-hybridized carbons (Fsp3) is 0.0833. The van der Waals surface area contributed by atoms with E-state index in [0.29, 0.717) is 10.8 Å². The first-order valence-corrected chi connectivity index (χ1v) is 5.97. The zero-order chi connectivity index (χ0) is 16.1. The highest BCUT2D eigenvalue weighted by Gasteiger charge is 2.11. The second-order valence-electron chi connectivity index (χ2n) is 4.01. The maximum Gasteiger partial charge on any atom is 0.336 e. The highest BCUT2D eigenvalue weighted by molar-refractivity contribution is 5.93. The summed E-state index contributed by atoms with van der Waals surface area (Å²) in [5.74, 6) is -1.78. The molecule has 9 nitrogen and oxygen atoms in total. The van der Waals surface area contributed by atoms with E-state index in [2.05, 4.69) is 15.6 Å². The molecule has 2 heterocycles. The number of H-pyrrole nitrogens is 1. The summed E-state index contributed by atoms with van der Waals surface area (Å²) in [4.78, 5) is 50.9. The molecule has 0 atom stereocenters. The molecule has 0 bridgehead atoms. The van der Waals surface area contributed by atoms with Crippen molar-refractivity contribution in [2.75, 3.05) is 6.67 Å². The van der Waals surface area contributed by atoms with Gasteiger partial charge >= 0.3 is 11.7 Å². The van der Waals surface area contributed by atoms with Gasteiger partial charge in [-0.25, -0.2) is 14.2 Å². The number of nitrogens with one attached hydrogen (secondary N) is 3. The van der Waals surface area contributed by atoms with E-state index < -0.39 is 29.0 Å². The monoisotopic (exact) mass is 307 g/mol. The number of carbonyl (C=O) groups is 2. The summed E-state index contributed by atoms with van der Waals surface area (Å²) in [5, 5.41) is 4.52. The maximum atomic E-state index is 13.0. The first-order chi connectivity index (χ1) is 10.5. The van der Waals surface area contributed by atoms with Crippen LogP contribution < -0.4 is 21.9 Å². The summed E-state index contributed by atoms with van der Waals surface area (Å²) >= 11 is 0. The van der Waals surface area contributed by atoms with Crippen LogP contribution in [0.2, 0.25) is 0 Å². The summed E-state index contributed by atoms with van der Waals surface area (Å²) in [6.07, 6.45) is 3.29. The summed E-state index contributed by atoms with van der Waals surface area (Å²) in [7, 11) is 0. The smallest absolute Gasteiger partial charge is 0.335 e. The maximum absolute atomic E-state index is 13.0. The van der Waals surface area contributed by atoms with Crippen LogP contribution in [-0.4, -0.2) is 33.1 Å². The van der Waals surface area contributed by atoms with Crippen molar-refractivity contribution in [2.24, 2.45) is 0 Å². The average molecular weight is 307 g/mol. The highest BCUT2D eigenvalue weighted by atomic mass is 19.1. The Kier molecular flexibility index (Phi) is 4.41.